The predicted octanol–water partition coefficient (Wildman–Crippen LogP) is 3.18. The summed E-state index contributed by atoms with van der Waals surface area (Å²) in [7, 11) is 3.11. The summed E-state index contributed by atoms with van der Waals surface area (Å²) in [5.41, 5.74) is 1.94. The van der Waals surface area contributed by atoms with Gasteiger partial charge in [0, 0.05) is 17.3 Å². The van der Waals surface area contributed by atoms with Crippen LogP contribution in [0.25, 0.3) is 16.9 Å². The predicted molar refractivity (Wildman–Crippen MR) is 121 cm³/mol. The molecule has 32 heavy (non-hydrogen) atoms. The van der Waals surface area contributed by atoms with E-state index in [1.54, 1.807) is 38.3 Å². The molecule has 0 aliphatic carbocycles. The summed E-state index contributed by atoms with van der Waals surface area (Å²) in [4.78, 5) is 29.8. The maximum absolute atomic E-state index is 12.8. The molecule has 0 aliphatic heterocycles. The van der Waals surface area contributed by atoms with Crippen LogP contribution in [0.2, 0.25) is 5.02 Å². The third-order valence-electron chi connectivity index (χ3n) is 4.85. The van der Waals surface area contributed by atoms with E-state index < -0.39 is 11.6 Å². The lowest BCUT2D eigenvalue weighted by molar-refractivity contribution is -0.117. The molecule has 4 aromatic rings. The zero-order valence-corrected chi connectivity index (χ0v) is 18.4. The van der Waals surface area contributed by atoms with Gasteiger partial charge in [0.15, 0.2) is 5.65 Å². The Morgan fingerprint density at radius 2 is 1.84 bits per heavy atom. The van der Waals surface area contributed by atoms with Crippen LogP contribution in [-0.2, 0) is 11.3 Å². The Bertz CT molecular complexity index is 1360. The molecule has 4 rings (SSSR count). The number of amides is 1. The highest BCUT2D eigenvalue weighted by Gasteiger charge is 2.15. The van der Waals surface area contributed by atoms with Crippen LogP contribution in [-0.4, -0.2) is 39.3 Å². The fourth-order valence-electron chi connectivity index (χ4n) is 3.29. The van der Waals surface area contributed by atoms with Gasteiger partial charge in [0.05, 0.1) is 24.9 Å². The molecule has 0 atom stereocenters. The van der Waals surface area contributed by atoms with Crippen molar-refractivity contribution in [1.82, 2.24) is 19.2 Å². The first-order chi connectivity index (χ1) is 15.4. The number of carbonyl (C=O) groups excluding carboxylic acids is 1. The van der Waals surface area contributed by atoms with Gasteiger partial charge >= 0.3 is 5.69 Å². The van der Waals surface area contributed by atoms with Gasteiger partial charge in [0.2, 0.25) is 5.91 Å². The van der Waals surface area contributed by atoms with Crippen LogP contribution in [0, 0.1) is 6.92 Å². The highest BCUT2D eigenvalue weighted by molar-refractivity contribution is 6.32. The number of rotatable bonds is 6. The Morgan fingerprint density at radius 1 is 1.09 bits per heavy atom. The van der Waals surface area contributed by atoms with Gasteiger partial charge in [0.25, 0.3) is 0 Å². The normalized spacial score (nSPS) is 10.9. The van der Waals surface area contributed by atoms with E-state index >= 15 is 0 Å². The Labute approximate surface area is 188 Å². The number of aromatic nitrogens is 4. The van der Waals surface area contributed by atoms with Gasteiger partial charge in [-0.2, -0.15) is 0 Å². The number of hydrogen-bond acceptors (Lipinski definition) is 6. The van der Waals surface area contributed by atoms with Gasteiger partial charge < -0.3 is 14.8 Å². The van der Waals surface area contributed by atoms with Crippen molar-refractivity contribution in [3.05, 3.63) is 69.9 Å². The summed E-state index contributed by atoms with van der Waals surface area (Å²) < 4.78 is 12.7. The molecule has 2 heterocycles. The molecule has 2 aromatic carbocycles. The minimum atomic E-state index is -0.450. The number of fused-ring (bicyclic) bond motifs is 1. The molecule has 164 valence electrons. The van der Waals surface area contributed by atoms with E-state index in [-0.39, 0.29) is 6.54 Å². The number of anilines is 1. The topological polar surface area (TPSA) is 99.8 Å². The summed E-state index contributed by atoms with van der Waals surface area (Å²) in [5.74, 6) is 1.28. The summed E-state index contributed by atoms with van der Waals surface area (Å²) in [6.07, 6.45) is 0. The molecule has 2 aromatic heterocycles. The van der Waals surface area contributed by atoms with Crippen LogP contribution < -0.4 is 20.5 Å². The van der Waals surface area contributed by atoms with Crippen molar-refractivity contribution in [2.75, 3.05) is 19.5 Å². The molecule has 0 radical (unpaired) electrons. The number of methoxy groups -OCH3 is 2. The van der Waals surface area contributed by atoms with E-state index in [1.807, 2.05) is 24.3 Å². The highest BCUT2D eigenvalue weighted by Crippen LogP contribution is 2.27. The Balaban J connectivity index is 1.60. The number of nitrogens with zero attached hydrogens (tertiary/aromatic N) is 4. The average Bonchev–Trinajstić information content (AvgIpc) is 3.09. The number of benzene rings is 2. The van der Waals surface area contributed by atoms with Crippen LogP contribution in [0.5, 0.6) is 11.5 Å². The van der Waals surface area contributed by atoms with Gasteiger partial charge in [-0.3, -0.25) is 4.79 Å². The number of hydrogen-bond donors (Lipinski definition) is 1. The van der Waals surface area contributed by atoms with Gasteiger partial charge in [-0.1, -0.05) is 11.6 Å². The van der Waals surface area contributed by atoms with Crippen molar-refractivity contribution in [2.24, 2.45) is 0 Å². The van der Waals surface area contributed by atoms with Gasteiger partial charge in [-0.25, -0.2) is 18.9 Å². The third kappa shape index (κ3) is 4.15. The fourth-order valence-corrected chi connectivity index (χ4v) is 3.55. The molecule has 1 N–H and O–H groups in total. The summed E-state index contributed by atoms with van der Waals surface area (Å²) >= 11 is 6.09. The first-order valence-electron chi connectivity index (χ1n) is 9.64. The number of carbonyl (C=O) groups is 1. The SMILES string of the molecule is COc1ccc(-c2cc3nn(CC(=O)Nc4ccc(OC)c(Cl)c4)c(=O)n3c(C)n2)cc1. The largest absolute Gasteiger partial charge is 0.497 e. The molecule has 0 spiro atoms. The molecule has 0 aliphatic rings. The average molecular weight is 454 g/mol. The summed E-state index contributed by atoms with van der Waals surface area (Å²) in [5, 5.41) is 7.38. The molecular formula is C22H20ClN5O4. The minimum Gasteiger partial charge on any atom is -0.497 e. The van der Waals surface area contributed by atoms with Gasteiger partial charge in [0.1, 0.15) is 23.9 Å². The van der Waals surface area contributed by atoms with Crippen molar-refractivity contribution in [3.8, 4) is 22.8 Å². The molecule has 10 heteroatoms. The standard InChI is InChI=1S/C22H20ClN5O4/c1-13-24-18(14-4-7-16(31-2)8-5-14)11-20-26-27(22(30)28(13)20)12-21(29)25-15-6-9-19(32-3)17(23)10-15/h4-11H,12H2,1-3H3,(H,25,29). The lowest BCUT2D eigenvalue weighted by Gasteiger charge is -2.07. The van der Waals surface area contributed by atoms with Gasteiger partial charge in [-0.05, 0) is 49.4 Å². The smallest absolute Gasteiger partial charge is 0.352 e. The Morgan fingerprint density at radius 3 is 2.50 bits per heavy atom. The highest BCUT2D eigenvalue weighted by atomic mass is 35.5. The zero-order valence-electron chi connectivity index (χ0n) is 17.6. The quantitative estimate of drug-likeness (QED) is 0.481. The van der Waals surface area contributed by atoms with E-state index in [0.29, 0.717) is 33.6 Å². The lowest BCUT2D eigenvalue weighted by Crippen LogP contribution is -2.28. The van der Waals surface area contributed by atoms with Crippen molar-refractivity contribution in [3.63, 3.8) is 0 Å². The van der Waals surface area contributed by atoms with Crippen molar-refractivity contribution >= 4 is 28.8 Å². The van der Waals surface area contributed by atoms with Crippen molar-refractivity contribution in [1.29, 1.82) is 0 Å². The summed E-state index contributed by atoms with van der Waals surface area (Å²) in [6, 6.07) is 14.0. The van der Waals surface area contributed by atoms with Crippen LogP contribution in [0.15, 0.2) is 53.3 Å². The van der Waals surface area contributed by atoms with Crippen LogP contribution in [0.3, 0.4) is 0 Å². The second-order valence-electron chi connectivity index (χ2n) is 6.95. The lowest BCUT2D eigenvalue weighted by atomic mass is 10.1. The molecule has 0 fully saturated rings. The van der Waals surface area contributed by atoms with E-state index in [0.717, 1.165) is 16.0 Å². The number of halogens is 1. The van der Waals surface area contributed by atoms with Gasteiger partial charge in [-0.15, -0.1) is 5.10 Å². The first-order valence-corrected chi connectivity index (χ1v) is 10.0. The minimum absolute atomic E-state index is 0.262. The Kier molecular flexibility index (Phi) is 5.83. The fraction of sp³-hybridized carbons (Fsp3) is 0.182. The van der Waals surface area contributed by atoms with E-state index in [4.69, 9.17) is 21.1 Å². The molecule has 9 nitrogen and oxygen atoms in total. The maximum atomic E-state index is 12.8. The molecular weight excluding hydrogens is 434 g/mol. The van der Waals surface area contributed by atoms with Crippen LogP contribution in [0.1, 0.15) is 5.82 Å². The van der Waals surface area contributed by atoms with Crippen LogP contribution >= 0.6 is 11.6 Å². The van der Waals surface area contributed by atoms with Crippen LogP contribution in [0.4, 0.5) is 5.69 Å². The molecule has 0 saturated carbocycles. The first kappa shape index (κ1) is 21.4. The number of ether oxygens (including phenoxy) is 2. The number of nitrogens with one attached hydrogen (secondary N) is 1. The number of aryl methyl sites for hydroxylation is 1. The van der Waals surface area contributed by atoms with E-state index in [9.17, 15) is 9.59 Å². The second kappa shape index (κ2) is 8.72. The molecule has 0 unspecified atom stereocenters. The molecule has 1 amide bonds. The molecule has 0 bridgehead atoms. The van der Waals surface area contributed by atoms with Crippen molar-refractivity contribution in [2.45, 2.75) is 13.5 Å². The monoisotopic (exact) mass is 453 g/mol. The van der Waals surface area contributed by atoms with Crippen molar-refractivity contribution < 1.29 is 14.3 Å². The summed E-state index contributed by atoms with van der Waals surface area (Å²) in [6.45, 7) is 1.45. The van der Waals surface area contributed by atoms with E-state index in [1.165, 1.54) is 11.5 Å². The molecule has 0 saturated heterocycles. The maximum Gasteiger partial charge on any atom is 0.352 e. The van der Waals surface area contributed by atoms with E-state index in [2.05, 4.69) is 15.4 Å². The Hall–Kier alpha value is -3.85. The zero-order chi connectivity index (χ0) is 22.8. The third-order valence-corrected chi connectivity index (χ3v) is 5.15. The second-order valence-corrected chi connectivity index (χ2v) is 7.36.